The van der Waals surface area contributed by atoms with E-state index in [-0.39, 0.29) is 18.8 Å². The van der Waals surface area contributed by atoms with Crippen molar-refractivity contribution in [1.82, 2.24) is 5.32 Å². The second kappa shape index (κ2) is 8.67. The van der Waals surface area contributed by atoms with E-state index in [2.05, 4.69) is 10.6 Å². The minimum atomic E-state index is -0.424. The van der Waals surface area contributed by atoms with E-state index in [1.807, 2.05) is 0 Å². The van der Waals surface area contributed by atoms with Crippen LogP contribution in [0.1, 0.15) is 12.0 Å². The minimum Gasteiger partial charge on any atom is -0.497 e. The van der Waals surface area contributed by atoms with E-state index >= 15 is 0 Å². The summed E-state index contributed by atoms with van der Waals surface area (Å²) in [5.74, 6) is -0.525. The molecule has 2 aromatic carbocycles. The molecule has 5 nitrogen and oxygen atoms in total. The highest BCUT2D eigenvalue weighted by molar-refractivity contribution is 6.03. The zero-order valence-electron chi connectivity index (χ0n) is 13.3. The monoisotopic (exact) mass is 330 g/mol. The summed E-state index contributed by atoms with van der Waals surface area (Å²) < 4.78 is 18.5. The number of carbonyl (C=O) groups excluding carboxylic acids is 2. The highest BCUT2D eigenvalue weighted by Crippen LogP contribution is 2.16. The molecular weight excluding hydrogens is 311 g/mol. The van der Waals surface area contributed by atoms with Crippen molar-refractivity contribution in [2.24, 2.45) is 0 Å². The van der Waals surface area contributed by atoms with E-state index in [0.29, 0.717) is 23.4 Å². The van der Waals surface area contributed by atoms with Gasteiger partial charge in [-0.2, -0.15) is 0 Å². The Labute approximate surface area is 139 Å². The van der Waals surface area contributed by atoms with Crippen LogP contribution in [0.3, 0.4) is 0 Å². The van der Waals surface area contributed by atoms with Crippen molar-refractivity contribution in [3.05, 3.63) is 59.9 Å². The van der Waals surface area contributed by atoms with Crippen molar-refractivity contribution >= 4 is 17.5 Å². The number of nitrogens with one attached hydrogen (secondary N) is 2. The zero-order valence-corrected chi connectivity index (χ0v) is 13.3. The highest BCUT2D eigenvalue weighted by Gasteiger charge is 2.10. The van der Waals surface area contributed by atoms with Crippen LogP contribution >= 0.6 is 0 Å². The third kappa shape index (κ3) is 5.39. The molecular formula is C18H19FN2O3. The molecule has 2 amide bonds. The van der Waals surface area contributed by atoms with E-state index in [4.69, 9.17) is 4.74 Å². The average Bonchev–Trinajstić information content (AvgIpc) is 2.56. The topological polar surface area (TPSA) is 67.4 Å². The molecule has 0 fully saturated rings. The van der Waals surface area contributed by atoms with Crippen LogP contribution in [-0.2, 0) is 16.0 Å². The molecule has 24 heavy (non-hydrogen) atoms. The first-order valence-electron chi connectivity index (χ1n) is 7.52. The number of amides is 2. The Hall–Kier alpha value is -2.89. The Morgan fingerprint density at radius 1 is 1.08 bits per heavy atom. The fourth-order valence-electron chi connectivity index (χ4n) is 2.15. The van der Waals surface area contributed by atoms with Crippen LogP contribution < -0.4 is 15.4 Å². The van der Waals surface area contributed by atoms with Crippen molar-refractivity contribution in [3.8, 4) is 5.75 Å². The lowest BCUT2D eigenvalue weighted by molar-refractivity contribution is -0.126. The predicted octanol–water partition coefficient (Wildman–Crippen LogP) is 2.52. The largest absolute Gasteiger partial charge is 0.497 e. The fourth-order valence-corrected chi connectivity index (χ4v) is 2.15. The Morgan fingerprint density at radius 3 is 2.62 bits per heavy atom. The van der Waals surface area contributed by atoms with Gasteiger partial charge in [-0.1, -0.05) is 24.3 Å². The van der Waals surface area contributed by atoms with E-state index < -0.39 is 11.8 Å². The van der Waals surface area contributed by atoms with Crippen LogP contribution in [0.25, 0.3) is 0 Å². The van der Waals surface area contributed by atoms with Crippen LogP contribution in [0.4, 0.5) is 10.1 Å². The zero-order chi connectivity index (χ0) is 17.4. The molecule has 2 rings (SSSR count). The minimum absolute atomic E-state index is 0.270. The van der Waals surface area contributed by atoms with Crippen molar-refractivity contribution < 1.29 is 18.7 Å². The predicted molar refractivity (Wildman–Crippen MR) is 89.4 cm³/mol. The summed E-state index contributed by atoms with van der Waals surface area (Å²) in [6.07, 6.45) is 0.0738. The number of halogens is 1. The second-order valence-corrected chi connectivity index (χ2v) is 5.15. The molecule has 0 bridgehead atoms. The first kappa shape index (κ1) is 17.5. The summed E-state index contributed by atoms with van der Waals surface area (Å²) in [5.41, 5.74) is 1.08. The summed E-state index contributed by atoms with van der Waals surface area (Å²) in [6.45, 7) is 0.270. The number of hydrogen-bond acceptors (Lipinski definition) is 3. The summed E-state index contributed by atoms with van der Waals surface area (Å²) in [6, 6.07) is 13.2. The van der Waals surface area contributed by atoms with Crippen molar-refractivity contribution in [2.45, 2.75) is 12.8 Å². The summed E-state index contributed by atoms with van der Waals surface area (Å²) in [5, 5.41) is 5.23. The summed E-state index contributed by atoms with van der Waals surface area (Å²) in [7, 11) is 1.53. The first-order valence-corrected chi connectivity index (χ1v) is 7.52. The van der Waals surface area contributed by atoms with Crippen LogP contribution in [0.15, 0.2) is 48.5 Å². The van der Waals surface area contributed by atoms with E-state index in [0.717, 1.165) is 0 Å². The van der Waals surface area contributed by atoms with Gasteiger partial charge in [-0.15, -0.1) is 0 Å². The Bertz CT molecular complexity index is 719. The first-order chi connectivity index (χ1) is 11.6. The number of methoxy groups -OCH3 is 1. The lowest BCUT2D eigenvalue weighted by Gasteiger charge is -2.08. The van der Waals surface area contributed by atoms with Gasteiger partial charge in [0.2, 0.25) is 11.8 Å². The van der Waals surface area contributed by atoms with E-state index in [9.17, 15) is 14.0 Å². The Balaban J connectivity index is 1.75. The van der Waals surface area contributed by atoms with Gasteiger partial charge in [0.25, 0.3) is 0 Å². The van der Waals surface area contributed by atoms with Gasteiger partial charge in [-0.25, -0.2) is 4.39 Å². The van der Waals surface area contributed by atoms with Gasteiger partial charge in [0.15, 0.2) is 0 Å². The molecule has 0 saturated carbocycles. The van der Waals surface area contributed by atoms with Crippen molar-refractivity contribution in [2.75, 3.05) is 19.0 Å². The van der Waals surface area contributed by atoms with Gasteiger partial charge in [0.05, 0.1) is 7.11 Å². The van der Waals surface area contributed by atoms with Crippen LogP contribution in [0.5, 0.6) is 5.75 Å². The number of hydrogen-bond donors (Lipinski definition) is 2. The molecule has 0 radical (unpaired) electrons. The van der Waals surface area contributed by atoms with E-state index in [1.54, 1.807) is 42.5 Å². The number of anilines is 1. The molecule has 0 aromatic heterocycles. The maximum absolute atomic E-state index is 13.4. The molecule has 6 heteroatoms. The van der Waals surface area contributed by atoms with Crippen molar-refractivity contribution in [3.63, 3.8) is 0 Å². The number of benzene rings is 2. The quantitative estimate of drug-likeness (QED) is 0.767. The molecule has 2 N–H and O–H groups in total. The number of rotatable bonds is 7. The van der Waals surface area contributed by atoms with Crippen LogP contribution in [0.2, 0.25) is 0 Å². The number of ether oxygens (including phenoxy) is 1. The molecule has 0 atom stereocenters. The fraction of sp³-hybridized carbons (Fsp3) is 0.222. The van der Waals surface area contributed by atoms with Crippen molar-refractivity contribution in [1.29, 1.82) is 0 Å². The second-order valence-electron chi connectivity index (χ2n) is 5.15. The van der Waals surface area contributed by atoms with Gasteiger partial charge >= 0.3 is 0 Å². The van der Waals surface area contributed by atoms with Gasteiger partial charge in [0, 0.05) is 18.3 Å². The van der Waals surface area contributed by atoms with Gasteiger partial charge in [-0.3, -0.25) is 9.59 Å². The van der Waals surface area contributed by atoms with Crippen LogP contribution in [0, 0.1) is 5.82 Å². The molecule has 126 valence electrons. The molecule has 0 saturated heterocycles. The van der Waals surface area contributed by atoms with Gasteiger partial charge in [-0.05, 0) is 30.2 Å². The lowest BCUT2D eigenvalue weighted by Crippen LogP contribution is -2.29. The van der Waals surface area contributed by atoms with Gasteiger partial charge < -0.3 is 15.4 Å². The molecule has 0 aliphatic carbocycles. The Kier molecular flexibility index (Phi) is 6.31. The van der Waals surface area contributed by atoms with E-state index in [1.165, 1.54) is 13.2 Å². The normalized spacial score (nSPS) is 10.1. The SMILES string of the molecule is COc1cccc(NC(=O)CC(=O)NCCc2ccccc2F)c1. The summed E-state index contributed by atoms with van der Waals surface area (Å²) in [4.78, 5) is 23.6. The average molecular weight is 330 g/mol. The molecule has 0 aliphatic rings. The lowest BCUT2D eigenvalue weighted by atomic mass is 10.1. The third-order valence-corrected chi connectivity index (χ3v) is 3.35. The summed E-state index contributed by atoms with van der Waals surface area (Å²) >= 11 is 0. The maximum Gasteiger partial charge on any atom is 0.233 e. The van der Waals surface area contributed by atoms with Gasteiger partial charge in [0.1, 0.15) is 18.0 Å². The third-order valence-electron chi connectivity index (χ3n) is 3.35. The molecule has 0 aliphatic heterocycles. The smallest absolute Gasteiger partial charge is 0.233 e. The molecule has 0 spiro atoms. The molecule has 2 aromatic rings. The standard InChI is InChI=1S/C18H19FN2O3/c1-24-15-7-4-6-14(11-15)21-18(23)12-17(22)20-10-9-13-5-2-3-8-16(13)19/h2-8,11H,9-10,12H2,1H3,(H,20,22)(H,21,23). The molecule has 0 unspecified atom stereocenters. The highest BCUT2D eigenvalue weighted by atomic mass is 19.1. The molecule has 0 heterocycles. The maximum atomic E-state index is 13.4. The number of carbonyl (C=O) groups is 2. The Morgan fingerprint density at radius 2 is 1.88 bits per heavy atom. The van der Waals surface area contributed by atoms with Crippen LogP contribution in [-0.4, -0.2) is 25.5 Å².